The number of amides is 2. The Bertz CT molecular complexity index is 623. The van der Waals surface area contributed by atoms with E-state index in [4.69, 9.17) is 0 Å². The second kappa shape index (κ2) is 8.06. The molecule has 0 bridgehead atoms. The van der Waals surface area contributed by atoms with Gasteiger partial charge in [0.15, 0.2) is 5.13 Å². The molecule has 1 aliphatic carbocycles. The van der Waals surface area contributed by atoms with Crippen LogP contribution in [-0.2, 0) is 0 Å². The van der Waals surface area contributed by atoms with Crippen molar-refractivity contribution in [2.75, 3.05) is 11.9 Å². The highest BCUT2D eigenvalue weighted by Crippen LogP contribution is 2.26. The number of urea groups is 1. The lowest BCUT2D eigenvalue weighted by atomic mass is 9.87. The Balaban J connectivity index is 1.44. The molecule has 0 saturated heterocycles. The second-order valence-electron chi connectivity index (χ2n) is 5.95. The third-order valence-electron chi connectivity index (χ3n) is 4.24. The van der Waals surface area contributed by atoms with E-state index in [1.807, 2.05) is 17.5 Å². The summed E-state index contributed by atoms with van der Waals surface area (Å²) in [6.45, 7) is 0.733. The van der Waals surface area contributed by atoms with Crippen LogP contribution < -0.4 is 10.6 Å². The molecule has 2 N–H and O–H groups in total. The van der Waals surface area contributed by atoms with Crippen molar-refractivity contribution in [3.05, 3.63) is 29.9 Å². The first-order chi connectivity index (χ1) is 11.3. The van der Waals surface area contributed by atoms with Gasteiger partial charge in [0.1, 0.15) is 0 Å². The quantitative estimate of drug-likeness (QED) is 0.859. The lowest BCUT2D eigenvalue weighted by Crippen LogP contribution is -2.30. The third-order valence-corrected chi connectivity index (χ3v) is 5.00. The fourth-order valence-electron chi connectivity index (χ4n) is 2.98. The van der Waals surface area contributed by atoms with E-state index in [2.05, 4.69) is 20.6 Å². The number of nitrogens with one attached hydrogen (secondary N) is 2. The molecule has 0 aromatic carbocycles. The normalized spacial score (nSPS) is 15.3. The molecule has 0 atom stereocenters. The molecule has 6 heteroatoms. The van der Waals surface area contributed by atoms with Crippen molar-refractivity contribution in [1.82, 2.24) is 15.3 Å². The minimum atomic E-state index is -0.173. The Hall–Kier alpha value is -1.95. The molecule has 0 aliphatic heterocycles. The van der Waals surface area contributed by atoms with Crippen LogP contribution in [0, 0.1) is 5.92 Å². The van der Waals surface area contributed by atoms with Gasteiger partial charge in [-0.1, -0.05) is 32.1 Å². The zero-order valence-corrected chi connectivity index (χ0v) is 13.9. The van der Waals surface area contributed by atoms with Crippen LogP contribution in [0.25, 0.3) is 11.3 Å². The van der Waals surface area contributed by atoms with Crippen LogP contribution in [-0.4, -0.2) is 22.5 Å². The molecule has 2 heterocycles. The molecule has 2 aromatic heterocycles. The highest BCUT2D eigenvalue weighted by atomic mass is 32.1. The van der Waals surface area contributed by atoms with Gasteiger partial charge in [-0.25, -0.2) is 9.78 Å². The number of anilines is 1. The van der Waals surface area contributed by atoms with E-state index < -0.39 is 0 Å². The van der Waals surface area contributed by atoms with Crippen molar-refractivity contribution in [2.45, 2.75) is 38.5 Å². The largest absolute Gasteiger partial charge is 0.338 e. The monoisotopic (exact) mass is 330 g/mol. The van der Waals surface area contributed by atoms with E-state index in [9.17, 15) is 4.79 Å². The molecule has 0 unspecified atom stereocenters. The van der Waals surface area contributed by atoms with Gasteiger partial charge in [0.25, 0.3) is 0 Å². The summed E-state index contributed by atoms with van der Waals surface area (Å²) in [6.07, 6.45) is 11.2. The Kier molecular flexibility index (Phi) is 5.58. The predicted molar refractivity (Wildman–Crippen MR) is 93.6 cm³/mol. The first-order valence-electron chi connectivity index (χ1n) is 8.22. The maximum Gasteiger partial charge on any atom is 0.321 e. The number of nitrogens with zero attached hydrogens (tertiary/aromatic N) is 2. The van der Waals surface area contributed by atoms with Crippen LogP contribution >= 0.6 is 11.3 Å². The second-order valence-corrected chi connectivity index (χ2v) is 6.81. The van der Waals surface area contributed by atoms with Crippen molar-refractivity contribution in [1.29, 1.82) is 0 Å². The van der Waals surface area contributed by atoms with Crippen LogP contribution in [0.3, 0.4) is 0 Å². The Labute approximate surface area is 140 Å². The van der Waals surface area contributed by atoms with E-state index >= 15 is 0 Å². The highest BCUT2D eigenvalue weighted by Gasteiger charge is 2.13. The molecule has 23 heavy (non-hydrogen) atoms. The Morgan fingerprint density at radius 2 is 2.17 bits per heavy atom. The molecule has 5 nitrogen and oxygen atoms in total. The van der Waals surface area contributed by atoms with Crippen LogP contribution in [0.1, 0.15) is 38.5 Å². The minimum Gasteiger partial charge on any atom is -0.338 e. The zero-order chi connectivity index (χ0) is 15.9. The summed E-state index contributed by atoms with van der Waals surface area (Å²) in [6, 6.07) is 3.66. The van der Waals surface area contributed by atoms with Gasteiger partial charge >= 0.3 is 6.03 Å². The standard InChI is InChI=1S/C17H22N4OS/c22-16(19-10-8-13-5-2-1-3-6-13)21-17-20-15(12-23-17)14-7-4-9-18-11-14/h4,7,9,11-13H,1-3,5-6,8,10H2,(H2,19,20,21,22). The van der Waals surface area contributed by atoms with E-state index in [0.717, 1.165) is 30.1 Å². The summed E-state index contributed by atoms with van der Waals surface area (Å²) in [7, 11) is 0. The molecule has 2 amide bonds. The molecule has 1 saturated carbocycles. The van der Waals surface area contributed by atoms with E-state index in [-0.39, 0.29) is 6.03 Å². The first kappa shape index (κ1) is 15.9. The van der Waals surface area contributed by atoms with Gasteiger partial charge in [0, 0.05) is 29.9 Å². The number of carbonyl (C=O) groups excluding carboxylic acids is 1. The van der Waals surface area contributed by atoms with Gasteiger partial charge in [-0.3, -0.25) is 10.3 Å². The third kappa shape index (κ3) is 4.76. The number of thiazole rings is 1. The summed E-state index contributed by atoms with van der Waals surface area (Å²) in [5.74, 6) is 0.779. The maximum atomic E-state index is 11.9. The van der Waals surface area contributed by atoms with Gasteiger partial charge in [-0.15, -0.1) is 11.3 Å². The fourth-order valence-corrected chi connectivity index (χ4v) is 3.70. The maximum absolute atomic E-state index is 11.9. The van der Waals surface area contributed by atoms with E-state index in [1.54, 1.807) is 12.4 Å². The van der Waals surface area contributed by atoms with Crippen molar-refractivity contribution in [3.63, 3.8) is 0 Å². The summed E-state index contributed by atoms with van der Waals surface area (Å²) in [5, 5.41) is 8.27. The van der Waals surface area contributed by atoms with Gasteiger partial charge in [0.2, 0.25) is 0 Å². The molecular formula is C17H22N4OS. The average Bonchev–Trinajstić information content (AvgIpc) is 3.05. The van der Waals surface area contributed by atoms with Crippen molar-refractivity contribution in [3.8, 4) is 11.3 Å². The SMILES string of the molecule is O=C(NCCC1CCCCC1)Nc1nc(-c2cccnc2)cs1. The number of aromatic nitrogens is 2. The summed E-state index contributed by atoms with van der Waals surface area (Å²) in [5.41, 5.74) is 1.79. The van der Waals surface area contributed by atoms with Crippen LogP contribution in [0.5, 0.6) is 0 Å². The van der Waals surface area contributed by atoms with Crippen LogP contribution in [0.2, 0.25) is 0 Å². The van der Waals surface area contributed by atoms with Gasteiger partial charge in [-0.05, 0) is 24.5 Å². The number of hydrogen-bond donors (Lipinski definition) is 2. The smallest absolute Gasteiger partial charge is 0.321 e. The predicted octanol–water partition coefficient (Wildman–Crippen LogP) is 4.30. The lowest BCUT2D eigenvalue weighted by molar-refractivity contribution is 0.250. The van der Waals surface area contributed by atoms with Gasteiger partial charge in [0.05, 0.1) is 5.69 Å². The molecule has 2 aromatic rings. The summed E-state index contributed by atoms with van der Waals surface area (Å²) >= 11 is 1.42. The Morgan fingerprint density at radius 1 is 1.30 bits per heavy atom. The zero-order valence-electron chi connectivity index (χ0n) is 13.1. The molecule has 0 radical (unpaired) electrons. The number of pyridine rings is 1. The topological polar surface area (TPSA) is 66.9 Å². The fraction of sp³-hybridized carbons (Fsp3) is 0.471. The highest BCUT2D eigenvalue weighted by molar-refractivity contribution is 7.14. The van der Waals surface area contributed by atoms with Crippen molar-refractivity contribution in [2.24, 2.45) is 5.92 Å². The summed E-state index contributed by atoms with van der Waals surface area (Å²) in [4.78, 5) is 20.4. The van der Waals surface area contributed by atoms with Crippen molar-refractivity contribution < 1.29 is 4.79 Å². The lowest BCUT2D eigenvalue weighted by Gasteiger charge is -2.21. The van der Waals surface area contributed by atoms with Gasteiger partial charge in [-0.2, -0.15) is 0 Å². The van der Waals surface area contributed by atoms with Gasteiger partial charge < -0.3 is 5.32 Å². The Morgan fingerprint density at radius 3 is 2.96 bits per heavy atom. The van der Waals surface area contributed by atoms with Crippen molar-refractivity contribution >= 4 is 22.5 Å². The minimum absolute atomic E-state index is 0.173. The number of hydrogen-bond acceptors (Lipinski definition) is 4. The van der Waals surface area contributed by atoms with Crippen LogP contribution in [0.4, 0.5) is 9.93 Å². The summed E-state index contributed by atoms with van der Waals surface area (Å²) < 4.78 is 0. The van der Waals surface area contributed by atoms with E-state index in [1.165, 1.54) is 43.4 Å². The molecule has 122 valence electrons. The molecular weight excluding hydrogens is 308 g/mol. The number of carbonyl (C=O) groups is 1. The first-order valence-corrected chi connectivity index (χ1v) is 9.10. The molecule has 3 rings (SSSR count). The molecule has 1 aliphatic rings. The molecule has 0 spiro atoms. The molecule has 1 fully saturated rings. The van der Waals surface area contributed by atoms with Crippen LogP contribution in [0.15, 0.2) is 29.9 Å². The number of rotatable bonds is 5. The van der Waals surface area contributed by atoms with E-state index in [0.29, 0.717) is 5.13 Å². The average molecular weight is 330 g/mol.